The summed E-state index contributed by atoms with van der Waals surface area (Å²) >= 11 is 2.41. The topological polar surface area (TPSA) is 79.3 Å². The number of carbonyl (C=O) groups excluding carboxylic acids is 1. The summed E-state index contributed by atoms with van der Waals surface area (Å²) in [4.78, 5) is 28.1. The van der Waals surface area contributed by atoms with E-state index in [1.807, 2.05) is 24.4 Å². The van der Waals surface area contributed by atoms with Crippen LogP contribution >= 0.6 is 22.7 Å². The van der Waals surface area contributed by atoms with Crippen LogP contribution in [0.3, 0.4) is 0 Å². The number of thiophene rings is 1. The SMILES string of the molecule is CCCCC(=O)Nc1nc(-c2cccs2)c(C(=O)O)s1. The zero-order valence-electron chi connectivity index (χ0n) is 10.9. The fourth-order valence-corrected chi connectivity index (χ4v) is 3.24. The average molecular weight is 310 g/mol. The van der Waals surface area contributed by atoms with Crippen molar-refractivity contribution in [3.8, 4) is 10.6 Å². The van der Waals surface area contributed by atoms with Crippen LogP contribution in [0.25, 0.3) is 10.6 Å². The minimum absolute atomic E-state index is 0.129. The summed E-state index contributed by atoms with van der Waals surface area (Å²) in [5.41, 5.74) is 0.420. The van der Waals surface area contributed by atoms with Crippen LogP contribution in [-0.2, 0) is 4.79 Å². The molecule has 5 nitrogen and oxygen atoms in total. The van der Waals surface area contributed by atoms with Crippen molar-refractivity contribution in [2.75, 3.05) is 5.32 Å². The largest absolute Gasteiger partial charge is 0.477 e. The minimum Gasteiger partial charge on any atom is -0.477 e. The van der Waals surface area contributed by atoms with Crippen LogP contribution in [0.4, 0.5) is 5.13 Å². The highest BCUT2D eigenvalue weighted by atomic mass is 32.1. The first-order valence-electron chi connectivity index (χ1n) is 6.19. The molecule has 2 aromatic rings. The second kappa shape index (κ2) is 6.62. The van der Waals surface area contributed by atoms with Gasteiger partial charge in [0.15, 0.2) is 5.13 Å². The maximum Gasteiger partial charge on any atom is 0.348 e. The summed E-state index contributed by atoms with van der Waals surface area (Å²) < 4.78 is 0. The van der Waals surface area contributed by atoms with E-state index in [9.17, 15) is 14.7 Å². The predicted octanol–water partition coefficient (Wildman–Crippen LogP) is 3.70. The molecular formula is C13H14N2O3S2. The van der Waals surface area contributed by atoms with Gasteiger partial charge in [-0.15, -0.1) is 11.3 Å². The summed E-state index contributed by atoms with van der Waals surface area (Å²) in [6.45, 7) is 2.01. The Kier molecular flexibility index (Phi) is 4.86. The number of anilines is 1. The van der Waals surface area contributed by atoms with E-state index in [-0.39, 0.29) is 10.8 Å². The predicted molar refractivity (Wildman–Crippen MR) is 80.5 cm³/mol. The Bertz CT molecular complexity index is 605. The lowest BCUT2D eigenvalue weighted by atomic mass is 10.2. The van der Waals surface area contributed by atoms with Crippen LogP contribution in [0.5, 0.6) is 0 Å². The van der Waals surface area contributed by atoms with Crippen molar-refractivity contribution in [2.24, 2.45) is 0 Å². The number of unbranched alkanes of at least 4 members (excludes halogenated alkanes) is 1. The number of thiazole rings is 1. The van der Waals surface area contributed by atoms with E-state index >= 15 is 0 Å². The first-order chi connectivity index (χ1) is 9.61. The van der Waals surface area contributed by atoms with E-state index in [0.717, 1.165) is 29.1 Å². The Balaban J connectivity index is 2.22. The summed E-state index contributed by atoms with van der Waals surface area (Å²) in [6.07, 6.45) is 2.17. The molecule has 0 atom stereocenters. The molecule has 20 heavy (non-hydrogen) atoms. The second-order valence-electron chi connectivity index (χ2n) is 4.13. The van der Waals surface area contributed by atoms with Crippen LogP contribution in [0.1, 0.15) is 35.9 Å². The molecule has 2 aromatic heterocycles. The lowest BCUT2D eigenvalue weighted by molar-refractivity contribution is -0.116. The molecule has 0 aliphatic carbocycles. The molecule has 0 bridgehead atoms. The van der Waals surface area contributed by atoms with Crippen LogP contribution in [0, 0.1) is 0 Å². The third kappa shape index (κ3) is 3.43. The summed E-state index contributed by atoms with van der Waals surface area (Å²) in [7, 11) is 0. The van der Waals surface area contributed by atoms with Gasteiger partial charge in [-0.3, -0.25) is 4.79 Å². The van der Waals surface area contributed by atoms with Gasteiger partial charge in [-0.2, -0.15) is 0 Å². The molecule has 0 saturated carbocycles. The molecule has 0 unspecified atom stereocenters. The molecule has 0 aromatic carbocycles. The van der Waals surface area contributed by atoms with Crippen molar-refractivity contribution in [1.29, 1.82) is 0 Å². The molecule has 106 valence electrons. The quantitative estimate of drug-likeness (QED) is 0.852. The Morgan fingerprint density at radius 3 is 2.85 bits per heavy atom. The number of carboxylic acids is 1. The van der Waals surface area contributed by atoms with Crippen molar-refractivity contribution in [3.05, 3.63) is 22.4 Å². The first kappa shape index (κ1) is 14.7. The molecule has 0 aliphatic heterocycles. The van der Waals surface area contributed by atoms with Crippen molar-refractivity contribution >= 4 is 39.7 Å². The van der Waals surface area contributed by atoms with Gasteiger partial charge in [0.2, 0.25) is 5.91 Å². The molecule has 7 heteroatoms. The van der Waals surface area contributed by atoms with Crippen LogP contribution in [0.15, 0.2) is 17.5 Å². The third-order valence-electron chi connectivity index (χ3n) is 2.58. The Hall–Kier alpha value is -1.73. The lowest BCUT2D eigenvalue weighted by Crippen LogP contribution is -2.10. The molecule has 0 spiro atoms. The van der Waals surface area contributed by atoms with Gasteiger partial charge >= 0.3 is 5.97 Å². The fourth-order valence-electron chi connectivity index (χ4n) is 1.62. The van der Waals surface area contributed by atoms with Gasteiger partial charge in [0.05, 0.1) is 4.88 Å². The van der Waals surface area contributed by atoms with Crippen molar-refractivity contribution in [1.82, 2.24) is 4.98 Å². The summed E-state index contributed by atoms with van der Waals surface area (Å²) in [5.74, 6) is -1.16. The van der Waals surface area contributed by atoms with E-state index in [4.69, 9.17) is 0 Å². The molecule has 0 aliphatic rings. The molecule has 0 fully saturated rings. The minimum atomic E-state index is -1.03. The van der Waals surface area contributed by atoms with Crippen LogP contribution in [0.2, 0.25) is 0 Å². The maximum atomic E-state index is 11.7. The van der Waals surface area contributed by atoms with E-state index in [1.54, 1.807) is 0 Å². The van der Waals surface area contributed by atoms with Gasteiger partial charge in [0.25, 0.3) is 0 Å². The standard InChI is InChI=1S/C13H14N2O3S2/c1-2-3-6-9(16)14-13-15-10(8-5-4-7-19-8)11(20-13)12(17)18/h4-5,7H,2-3,6H2,1H3,(H,17,18)(H,14,15,16). The molecule has 2 heterocycles. The van der Waals surface area contributed by atoms with E-state index in [2.05, 4.69) is 10.3 Å². The van der Waals surface area contributed by atoms with Gasteiger partial charge < -0.3 is 10.4 Å². The number of hydrogen-bond acceptors (Lipinski definition) is 5. The summed E-state index contributed by atoms with van der Waals surface area (Å²) in [5, 5.41) is 14.1. The smallest absolute Gasteiger partial charge is 0.348 e. The highest BCUT2D eigenvalue weighted by molar-refractivity contribution is 7.19. The average Bonchev–Trinajstić information content (AvgIpc) is 3.04. The summed E-state index contributed by atoms with van der Waals surface area (Å²) in [6, 6.07) is 3.65. The number of aromatic carboxylic acids is 1. The number of hydrogen-bond donors (Lipinski definition) is 2. The molecule has 0 saturated heterocycles. The molecule has 0 radical (unpaired) electrons. The number of amides is 1. The molecule has 2 rings (SSSR count). The number of rotatable bonds is 6. The lowest BCUT2D eigenvalue weighted by Gasteiger charge is -1.99. The molecule has 1 amide bonds. The normalized spacial score (nSPS) is 10.4. The Labute approximate surface area is 124 Å². The van der Waals surface area contributed by atoms with Gasteiger partial charge in [-0.1, -0.05) is 30.7 Å². The van der Waals surface area contributed by atoms with Crippen LogP contribution < -0.4 is 5.32 Å². The monoisotopic (exact) mass is 310 g/mol. The number of nitrogens with one attached hydrogen (secondary N) is 1. The molecular weight excluding hydrogens is 296 g/mol. The Morgan fingerprint density at radius 2 is 2.25 bits per heavy atom. The van der Waals surface area contributed by atoms with Crippen molar-refractivity contribution < 1.29 is 14.7 Å². The van der Waals surface area contributed by atoms with Crippen molar-refractivity contribution in [3.63, 3.8) is 0 Å². The van der Waals surface area contributed by atoms with Gasteiger partial charge in [-0.05, 0) is 17.9 Å². The van der Waals surface area contributed by atoms with Crippen molar-refractivity contribution in [2.45, 2.75) is 26.2 Å². The number of carbonyl (C=O) groups is 2. The zero-order chi connectivity index (χ0) is 14.5. The van der Waals surface area contributed by atoms with Crippen LogP contribution in [-0.4, -0.2) is 22.0 Å². The van der Waals surface area contributed by atoms with E-state index in [0.29, 0.717) is 17.2 Å². The second-order valence-corrected chi connectivity index (χ2v) is 6.08. The van der Waals surface area contributed by atoms with E-state index in [1.165, 1.54) is 11.3 Å². The number of carboxylic acid groups (broad SMARTS) is 1. The number of aromatic nitrogens is 1. The zero-order valence-corrected chi connectivity index (χ0v) is 12.5. The highest BCUT2D eigenvalue weighted by Crippen LogP contribution is 2.33. The van der Waals surface area contributed by atoms with Gasteiger partial charge in [-0.25, -0.2) is 9.78 Å². The fraction of sp³-hybridized carbons (Fsp3) is 0.308. The third-order valence-corrected chi connectivity index (χ3v) is 4.42. The van der Waals surface area contributed by atoms with Gasteiger partial charge in [0, 0.05) is 6.42 Å². The first-order valence-corrected chi connectivity index (χ1v) is 7.89. The number of nitrogens with zero attached hydrogens (tertiary/aromatic N) is 1. The van der Waals surface area contributed by atoms with E-state index < -0.39 is 5.97 Å². The highest BCUT2D eigenvalue weighted by Gasteiger charge is 2.20. The Morgan fingerprint density at radius 1 is 1.45 bits per heavy atom. The molecule has 2 N–H and O–H groups in total. The van der Waals surface area contributed by atoms with Gasteiger partial charge in [0.1, 0.15) is 10.6 Å². The maximum absolute atomic E-state index is 11.7.